The first-order valence-corrected chi connectivity index (χ1v) is 12.6. The van der Waals surface area contributed by atoms with Crippen LogP contribution in [-0.4, -0.2) is 26.1 Å². The van der Waals surface area contributed by atoms with E-state index in [1.807, 2.05) is 30.3 Å². The van der Waals surface area contributed by atoms with E-state index in [0.29, 0.717) is 5.82 Å². The molecular weight excluding hydrogens is 462 g/mol. The van der Waals surface area contributed by atoms with Gasteiger partial charge in [-0.25, -0.2) is 4.98 Å². The topological polar surface area (TPSA) is 99.6 Å². The molecule has 0 aliphatic heterocycles. The van der Waals surface area contributed by atoms with Gasteiger partial charge in [0, 0.05) is 28.1 Å². The Morgan fingerprint density at radius 1 is 1.03 bits per heavy atom. The number of aromatic nitrogens is 4. The Kier molecular flexibility index (Phi) is 4.96. The smallest absolute Gasteiger partial charge is 0.227 e. The summed E-state index contributed by atoms with van der Waals surface area (Å²) in [5.41, 5.74) is 9.65. The van der Waals surface area contributed by atoms with Gasteiger partial charge in [0.2, 0.25) is 5.91 Å². The molecule has 1 fully saturated rings. The van der Waals surface area contributed by atoms with Gasteiger partial charge in [-0.1, -0.05) is 31.2 Å². The van der Waals surface area contributed by atoms with Crippen LogP contribution in [0.1, 0.15) is 25.3 Å². The monoisotopic (exact) mass is 487 g/mol. The first-order chi connectivity index (χ1) is 18.2. The molecule has 1 aliphatic carbocycles. The summed E-state index contributed by atoms with van der Waals surface area (Å²) >= 11 is 0. The van der Waals surface area contributed by atoms with Crippen LogP contribution in [0.2, 0.25) is 0 Å². The minimum atomic E-state index is 0.117. The maximum atomic E-state index is 12.4. The fourth-order valence-electron chi connectivity index (χ4n) is 4.89. The van der Waals surface area contributed by atoms with E-state index in [1.165, 1.54) is 5.56 Å². The van der Waals surface area contributed by atoms with Gasteiger partial charge < -0.3 is 14.7 Å². The molecule has 0 radical (unpaired) electrons. The van der Waals surface area contributed by atoms with Crippen molar-refractivity contribution < 1.29 is 9.21 Å². The molecule has 37 heavy (non-hydrogen) atoms. The first-order valence-electron chi connectivity index (χ1n) is 12.6. The second kappa shape index (κ2) is 8.48. The van der Waals surface area contributed by atoms with Crippen molar-refractivity contribution in [1.29, 1.82) is 0 Å². The number of carbonyl (C=O) groups excluding carboxylic acids is 1. The maximum Gasteiger partial charge on any atom is 0.227 e. The van der Waals surface area contributed by atoms with Crippen molar-refractivity contribution in [3.63, 3.8) is 0 Å². The van der Waals surface area contributed by atoms with Crippen molar-refractivity contribution in [1.82, 2.24) is 20.2 Å². The van der Waals surface area contributed by atoms with Crippen LogP contribution in [0.3, 0.4) is 0 Å². The van der Waals surface area contributed by atoms with Gasteiger partial charge in [-0.05, 0) is 72.4 Å². The number of nitrogens with zero attached hydrogens (tertiary/aromatic N) is 2. The third-order valence-electron chi connectivity index (χ3n) is 7.08. The molecule has 7 nitrogen and oxygen atoms in total. The van der Waals surface area contributed by atoms with Gasteiger partial charge in [0.1, 0.15) is 5.69 Å². The largest absolute Gasteiger partial charge is 0.472 e. The van der Waals surface area contributed by atoms with Crippen molar-refractivity contribution in [2.24, 2.45) is 5.92 Å². The van der Waals surface area contributed by atoms with Crippen molar-refractivity contribution in [2.75, 3.05) is 5.32 Å². The molecule has 6 aromatic rings. The molecule has 3 aromatic heterocycles. The van der Waals surface area contributed by atoms with E-state index in [0.717, 1.165) is 74.8 Å². The number of rotatable bonds is 6. The van der Waals surface area contributed by atoms with Crippen LogP contribution < -0.4 is 5.32 Å². The standard InChI is InChI=1S/C30H25N5O2/c1-2-17-12-21(14-22(13-17)31-30(36)18-6-7-18)19-8-9-25-24(15-19)28(35-34-25)29-32-26-5-3-4-23(27(26)33-29)20-10-11-37-16-20/h3-5,8-16,18H,2,6-7H2,1H3,(H,31,36)(H,32,33)(H,34,35). The lowest BCUT2D eigenvalue weighted by atomic mass is 9.99. The van der Waals surface area contributed by atoms with Gasteiger partial charge >= 0.3 is 0 Å². The highest BCUT2D eigenvalue weighted by molar-refractivity contribution is 5.99. The fraction of sp³-hybridized carbons (Fsp3) is 0.167. The number of nitrogens with one attached hydrogen (secondary N) is 3. The zero-order valence-corrected chi connectivity index (χ0v) is 20.3. The normalized spacial score (nSPS) is 13.4. The number of anilines is 1. The highest BCUT2D eigenvalue weighted by atomic mass is 16.3. The van der Waals surface area contributed by atoms with E-state index >= 15 is 0 Å². The van der Waals surface area contributed by atoms with Crippen LogP contribution >= 0.6 is 0 Å². The Labute approximate surface area is 212 Å². The fourth-order valence-corrected chi connectivity index (χ4v) is 4.89. The van der Waals surface area contributed by atoms with E-state index in [-0.39, 0.29) is 11.8 Å². The Balaban J connectivity index is 1.31. The number of aryl methyl sites for hydroxylation is 1. The van der Waals surface area contributed by atoms with Crippen LogP contribution in [0.25, 0.3) is 55.7 Å². The van der Waals surface area contributed by atoms with Crippen LogP contribution in [-0.2, 0) is 11.2 Å². The summed E-state index contributed by atoms with van der Waals surface area (Å²) in [5, 5.41) is 11.8. The van der Waals surface area contributed by atoms with Crippen molar-refractivity contribution in [3.05, 3.63) is 78.8 Å². The molecule has 3 heterocycles. The van der Waals surface area contributed by atoms with Gasteiger partial charge in [0.05, 0.1) is 29.1 Å². The van der Waals surface area contributed by atoms with Gasteiger partial charge in [-0.15, -0.1) is 0 Å². The molecule has 7 heteroatoms. The molecule has 1 aliphatic rings. The molecule has 1 amide bonds. The number of hydrogen-bond acceptors (Lipinski definition) is 4. The number of carbonyl (C=O) groups is 1. The maximum absolute atomic E-state index is 12.4. The SMILES string of the molecule is CCc1cc(NC(=O)C2CC2)cc(-c2ccc3[nH]nc(-c4nc5c(-c6ccoc6)cccc5[nH]4)c3c2)c1. The summed E-state index contributed by atoms with van der Waals surface area (Å²) in [4.78, 5) is 20.8. The van der Waals surface area contributed by atoms with Crippen molar-refractivity contribution >= 4 is 33.5 Å². The molecular formula is C30H25N5O2. The lowest BCUT2D eigenvalue weighted by Gasteiger charge is -2.11. The quantitative estimate of drug-likeness (QED) is 0.237. The van der Waals surface area contributed by atoms with Crippen LogP contribution in [0.5, 0.6) is 0 Å². The van der Waals surface area contributed by atoms with Crippen LogP contribution in [0.15, 0.2) is 77.6 Å². The molecule has 0 spiro atoms. The van der Waals surface area contributed by atoms with Gasteiger partial charge in [0.25, 0.3) is 0 Å². The number of benzene rings is 3. The lowest BCUT2D eigenvalue weighted by Crippen LogP contribution is -2.13. The molecule has 0 bridgehead atoms. The van der Waals surface area contributed by atoms with Gasteiger partial charge in [-0.2, -0.15) is 5.10 Å². The predicted octanol–water partition coefficient (Wildman–Crippen LogP) is 6.94. The number of fused-ring (bicyclic) bond motifs is 2. The number of furan rings is 1. The molecule has 0 unspecified atom stereocenters. The Bertz CT molecular complexity index is 1770. The van der Waals surface area contributed by atoms with Crippen LogP contribution in [0, 0.1) is 5.92 Å². The minimum Gasteiger partial charge on any atom is -0.472 e. The second-order valence-corrected chi connectivity index (χ2v) is 9.67. The van der Waals surface area contributed by atoms with Gasteiger partial charge in [-0.3, -0.25) is 9.89 Å². The number of H-pyrrole nitrogens is 2. The zero-order valence-electron chi connectivity index (χ0n) is 20.3. The van der Waals surface area contributed by atoms with Crippen LogP contribution in [0.4, 0.5) is 5.69 Å². The van der Waals surface area contributed by atoms with Gasteiger partial charge in [0.15, 0.2) is 5.82 Å². The van der Waals surface area contributed by atoms with E-state index < -0.39 is 0 Å². The van der Waals surface area contributed by atoms with Crippen molar-refractivity contribution in [3.8, 4) is 33.8 Å². The molecule has 1 saturated carbocycles. The second-order valence-electron chi connectivity index (χ2n) is 9.67. The van der Waals surface area contributed by atoms with E-state index in [1.54, 1.807) is 12.5 Å². The Hall–Kier alpha value is -4.65. The Morgan fingerprint density at radius 3 is 2.76 bits per heavy atom. The molecule has 3 aromatic carbocycles. The summed E-state index contributed by atoms with van der Waals surface area (Å²) in [5.74, 6) is 0.983. The lowest BCUT2D eigenvalue weighted by molar-refractivity contribution is -0.117. The predicted molar refractivity (Wildman–Crippen MR) is 145 cm³/mol. The number of hydrogen-bond donors (Lipinski definition) is 3. The summed E-state index contributed by atoms with van der Waals surface area (Å²) in [6.07, 6.45) is 6.25. The minimum absolute atomic E-state index is 0.117. The average Bonchev–Trinajstić information content (AvgIpc) is 3.29. The molecule has 0 saturated heterocycles. The molecule has 0 atom stereocenters. The number of imidazole rings is 1. The summed E-state index contributed by atoms with van der Waals surface area (Å²) in [7, 11) is 0. The summed E-state index contributed by atoms with van der Waals surface area (Å²) in [6, 6.07) is 20.6. The number of aromatic amines is 2. The summed E-state index contributed by atoms with van der Waals surface area (Å²) < 4.78 is 5.29. The molecule has 182 valence electrons. The van der Waals surface area contributed by atoms with E-state index in [9.17, 15) is 4.79 Å². The zero-order chi connectivity index (χ0) is 24.9. The third-order valence-corrected chi connectivity index (χ3v) is 7.08. The molecule has 3 N–H and O–H groups in total. The van der Waals surface area contributed by atoms with E-state index in [4.69, 9.17) is 9.40 Å². The third kappa shape index (κ3) is 3.89. The highest BCUT2D eigenvalue weighted by Gasteiger charge is 2.29. The van der Waals surface area contributed by atoms with Crippen molar-refractivity contribution in [2.45, 2.75) is 26.2 Å². The first kappa shape index (κ1) is 21.6. The van der Waals surface area contributed by atoms with E-state index in [2.05, 4.69) is 57.8 Å². The Morgan fingerprint density at radius 2 is 1.95 bits per heavy atom. The highest BCUT2D eigenvalue weighted by Crippen LogP contribution is 2.35. The summed E-state index contributed by atoms with van der Waals surface area (Å²) in [6.45, 7) is 2.13. The number of amides is 1. The molecule has 7 rings (SSSR count). The average molecular weight is 488 g/mol. The number of para-hydroxylation sites is 1.